The van der Waals surface area contributed by atoms with E-state index in [1.165, 1.54) is 0 Å². The third-order valence-corrected chi connectivity index (χ3v) is 1.46. The van der Waals surface area contributed by atoms with E-state index in [9.17, 15) is 10.1 Å². The van der Waals surface area contributed by atoms with E-state index in [0.717, 1.165) is 0 Å². The molecule has 0 heterocycles. The van der Waals surface area contributed by atoms with E-state index in [4.69, 9.17) is 0 Å². The third-order valence-electron chi connectivity index (χ3n) is 1.46. The van der Waals surface area contributed by atoms with E-state index in [0.29, 0.717) is 0 Å². The van der Waals surface area contributed by atoms with Crippen LogP contribution < -0.4 is 0 Å². The molecule has 0 aliphatic rings. The first kappa shape index (κ1) is 9.20. The summed E-state index contributed by atoms with van der Waals surface area (Å²) in [6.07, 6.45) is -0.359. The van der Waals surface area contributed by atoms with Gasteiger partial charge in [-0.05, 0) is 12.3 Å². The quantitative estimate of drug-likeness (QED) is 0.440. The van der Waals surface area contributed by atoms with Gasteiger partial charge in [-0.15, -0.1) is 10.1 Å². The first-order chi connectivity index (χ1) is 4.34. The van der Waals surface area contributed by atoms with Crippen LogP contribution in [0.2, 0.25) is 0 Å². The molecule has 0 spiro atoms. The minimum absolute atomic E-state index is 0.174. The van der Waals surface area contributed by atoms with Crippen LogP contribution in [0.1, 0.15) is 27.7 Å². The van der Waals surface area contributed by atoms with Crippen molar-refractivity contribution in [2.75, 3.05) is 0 Å². The van der Waals surface area contributed by atoms with Crippen LogP contribution in [0.4, 0.5) is 0 Å². The molecule has 0 bridgehead atoms. The van der Waals surface area contributed by atoms with Gasteiger partial charge in [-0.2, -0.15) is 0 Å². The van der Waals surface area contributed by atoms with Gasteiger partial charge in [-0.3, -0.25) is 0 Å². The minimum Gasteiger partial charge on any atom is -0.310 e. The van der Waals surface area contributed by atoms with E-state index >= 15 is 0 Å². The Hall–Kier alpha value is -0.800. The molecule has 4 nitrogen and oxygen atoms in total. The fourth-order valence-corrected chi connectivity index (χ4v) is 0.287. The number of nitrogens with zero attached hydrogens (tertiary/aromatic N) is 1. The first-order valence-electron chi connectivity index (χ1n) is 3.15. The van der Waals surface area contributed by atoms with Gasteiger partial charge in [0.25, 0.3) is 5.09 Å². The molecule has 0 N–H and O–H groups in total. The molecule has 0 aromatic carbocycles. The molecule has 0 aromatic rings. The summed E-state index contributed by atoms with van der Waals surface area (Å²) >= 11 is 0. The van der Waals surface area contributed by atoms with Crippen molar-refractivity contribution >= 4 is 0 Å². The molecule has 10 heavy (non-hydrogen) atoms. The van der Waals surface area contributed by atoms with Crippen LogP contribution in [0.25, 0.3) is 0 Å². The summed E-state index contributed by atoms with van der Waals surface area (Å²) in [7, 11) is 0. The summed E-state index contributed by atoms with van der Waals surface area (Å²) < 4.78 is 0. The molecule has 0 aliphatic carbocycles. The molecule has 4 heteroatoms. The molecule has 0 fully saturated rings. The Labute approximate surface area is 60.3 Å². The molecular weight excluding hydrogens is 134 g/mol. The lowest BCUT2D eigenvalue weighted by Crippen LogP contribution is -2.28. The lowest BCUT2D eigenvalue weighted by atomic mass is 9.90. The van der Waals surface area contributed by atoms with Crippen molar-refractivity contribution in [3.63, 3.8) is 0 Å². The van der Waals surface area contributed by atoms with E-state index in [1.807, 2.05) is 20.8 Å². The zero-order valence-electron chi connectivity index (χ0n) is 6.75. The number of hydrogen-bond donors (Lipinski definition) is 0. The summed E-state index contributed by atoms with van der Waals surface area (Å²) in [4.78, 5) is 14.2. The normalized spacial score (nSPS) is 14.4. The topological polar surface area (TPSA) is 52.4 Å². The fraction of sp³-hybridized carbons (Fsp3) is 1.00. The number of hydrogen-bond acceptors (Lipinski definition) is 3. The third kappa shape index (κ3) is 3.27. The first-order valence-corrected chi connectivity index (χ1v) is 3.15. The lowest BCUT2D eigenvalue weighted by Gasteiger charge is -2.24. The molecule has 0 aliphatic heterocycles. The van der Waals surface area contributed by atoms with Gasteiger partial charge in [0.1, 0.15) is 6.10 Å². The van der Waals surface area contributed by atoms with Gasteiger partial charge in [-0.1, -0.05) is 20.8 Å². The second-order valence-electron chi connectivity index (χ2n) is 3.34. The van der Waals surface area contributed by atoms with Crippen molar-refractivity contribution in [1.82, 2.24) is 0 Å². The Morgan fingerprint density at radius 1 is 1.50 bits per heavy atom. The maximum absolute atomic E-state index is 9.84. The largest absolute Gasteiger partial charge is 0.310 e. The highest BCUT2D eigenvalue weighted by atomic mass is 17.0. The van der Waals surface area contributed by atoms with Crippen LogP contribution in [0, 0.1) is 15.5 Å². The Morgan fingerprint density at radius 2 is 1.90 bits per heavy atom. The predicted molar refractivity (Wildman–Crippen MR) is 37.0 cm³/mol. The van der Waals surface area contributed by atoms with Crippen molar-refractivity contribution in [3.05, 3.63) is 10.1 Å². The zero-order valence-corrected chi connectivity index (χ0v) is 6.75. The molecule has 0 rings (SSSR count). The molecule has 1 unspecified atom stereocenters. The average molecular weight is 147 g/mol. The van der Waals surface area contributed by atoms with E-state index in [1.54, 1.807) is 6.92 Å². The highest BCUT2D eigenvalue weighted by Gasteiger charge is 2.22. The van der Waals surface area contributed by atoms with Crippen LogP contribution in [0.5, 0.6) is 0 Å². The van der Waals surface area contributed by atoms with Crippen LogP contribution in [-0.2, 0) is 4.84 Å². The van der Waals surface area contributed by atoms with E-state index in [2.05, 4.69) is 4.84 Å². The van der Waals surface area contributed by atoms with Crippen molar-refractivity contribution in [2.45, 2.75) is 33.8 Å². The molecule has 1 atom stereocenters. The van der Waals surface area contributed by atoms with Gasteiger partial charge in [0.2, 0.25) is 0 Å². The Morgan fingerprint density at radius 3 is 2.00 bits per heavy atom. The van der Waals surface area contributed by atoms with Crippen molar-refractivity contribution < 1.29 is 9.92 Å². The summed E-state index contributed by atoms with van der Waals surface area (Å²) in [6.45, 7) is 7.35. The van der Waals surface area contributed by atoms with E-state index in [-0.39, 0.29) is 11.5 Å². The second-order valence-corrected chi connectivity index (χ2v) is 3.34. The average Bonchev–Trinajstić information content (AvgIpc) is 1.60. The van der Waals surface area contributed by atoms with E-state index < -0.39 is 5.09 Å². The van der Waals surface area contributed by atoms with Crippen LogP contribution >= 0.6 is 0 Å². The molecule has 0 saturated carbocycles. The molecule has 60 valence electrons. The SMILES string of the molecule is CC(O[N+](=O)[O-])C(C)(C)C. The number of rotatable bonds is 2. The van der Waals surface area contributed by atoms with Crippen LogP contribution in [0.3, 0.4) is 0 Å². The van der Waals surface area contributed by atoms with Gasteiger partial charge in [-0.25, -0.2) is 0 Å². The minimum atomic E-state index is -0.754. The molecule has 0 saturated heterocycles. The zero-order chi connectivity index (χ0) is 8.36. The summed E-state index contributed by atoms with van der Waals surface area (Å²) in [5, 5.41) is 9.09. The highest BCUT2D eigenvalue weighted by Crippen LogP contribution is 2.21. The fourth-order valence-electron chi connectivity index (χ4n) is 0.287. The standard InChI is InChI=1S/C6H13NO3/c1-5(6(2,3)4)10-7(8)9/h5H,1-4H3. The molecular formula is C6H13NO3. The monoisotopic (exact) mass is 147 g/mol. The summed E-state index contributed by atoms with van der Waals surface area (Å²) in [6, 6.07) is 0. The molecule has 0 aromatic heterocycles. The van der Waals surface area contributed by atoms with Gasteiger partial charge >= 0.3 is 0 Å². The van der Waals surface area contributed by atoms with Crippen molar-refractivity contribution in [3.8, 4) is 0 Å². The highest BCUT2D eigenvalue weighted by molar-refractivity contribution is 4.67. The van der Waals surface area contributed by atoms with Gasteiger partial charge < -0.3 is 4.84 Å². The van der Waals surface area contributed by atoms with Crippen LogP contribution in [-0.4, -0.2) is 11.2 Å². The van der Waals surface area contributed by atoms with Crippen LogP contribution in [0.15, 0.2) is 0 Å². The molecule has 0 amide bonds. The van der Waals surface area contributed by atoms with Gasteiger partial charge in [0.15, 0.2) is 0 Å². The predicted octanol–water partition coefficient (Wildman–Crippen LogP) is 1.63. The van der Waals surface area contributed by atoms with Crippen molar-refractivity contribution in [1.29, 1.82) is 0 Å². The maximum atomic E-state index is 9.84. The summed E-state index contributed by atoms with van der Waals surface area (Å²) in [5.41, 5.74) is -0.174. The Kier molecular flexibility index (Phi) is 2.63. The molecule has 0 radical (unpaired) electrons. The lowest BCUT2D eigenvalue weighted by molar-refractivity contribution is -0.771. The van der Waals surface area contributed by atoms with Gasteiger partial charge in [0, 0.05) is 0 Å². The summed E-state index contributed by atoms with van der Waals surface area (Å²) in [5.74, 6) is 0. The smallest absolute Gasteiger partial charge is 0.294 e. The second kappa shape index (κ2) is 2.86. The maximum Gasteiger partial charge on any atom is 0.294 e. The Balaban J connectivity index is 3.85. The van der Waals surface area contributed by atoms with Crippen molar-refractivity contribution in [2.24, 2.45) is 5.41 Å². The Bertz CT molecular complexity index is 127. The van der Waals surface area contributed by atoms with Gasteiger partial charge in [0.05, 0.1) is 0 Å².